The number of carbonyl (C=O) groups is 2. The number of aromatic nitrogens is 3. The molecule has 0 radical (unpaired) electrons. The van der Waals surface area contributed by atoms with Gasteiger partial charge in [-0.15, -0.1) is 11.3 Å². The van der Waals surface area contributed by atoms with Crippen LogP contribution in [0.1, 0.15) is 18.2 Å². The summed E-state index contributed by atoms with van der Waals surface area (Å²) < 4.78 is 0.764. The van der Waals surface area contributed by atoms with Crippen molar-refractivity contribution in [2.45, 2.75) is 19.0 Å². The molecule has 1 N–H and O–H groups in total. The van der Waals surface area contributed by atoms with E-state index in [1.54, 1.807) is 30.8 Å². The van der Waals surface area contributed by atoms with Gasteiger partial charge in [-0.25, -0.2) is 19.7 Å². The molecule has 7 nitrogen and oxygen atoms in total. The topological polar surface area (TPSA) is 88.1 Å². The van der Waals surface area contributed by atoms with Gasteiger partial charge in [0, 0.05) is 27.8 Å². The number of benzene rings is 1. The Bertz CT molecular complexity index is 1030. The zero-order valence-corrected chi connectivity index (χ0v) is 16.6. The molecule has 3 amide bonds. The molecule has 4 rings (SSSR count). The maximum Gasteiger partial charge on any atom is 0.325 e. The molecule has 1 fully saturated rings. The number of amides is 3. The van der Waals surface area contributed by atoms with Crippen molar-refractivity contribution in [3.8, 4) is 10.8 Å². The summed E-state index contributed by atoms with van der Waals surface area (Å²) in [5.41, 5.74) is 0.197. The lowest BCUT2D eigenvalue weighted by atomic mass is 9.92. The fourth-order valence-electron chi connectivity index (χ4n) is 2.94. The first-order valence-corrected chi connectivity index (χ1v) is 9.77. The highest BCUT2D eigenvalue weighted by atomic mass is 79.9. The first kappa shape index (κ1) is 17.7. The van der Waals surface area contributed by atoms with E-state index in [-0.39, 0.29) is 12.5 Å². The second-order valence-electron chi connectivity index (χ2n) is 6.14. The normalized spacial score (nSPS) is 19.4. The van der Waals surface area contributed by atoms with Crippen LogP contribution in [0.2, 0.25) is 0 Å². The van der Waals surface area contributed by atoms with Crippen molar-refractivity contribution in [3.05, 3.63) is 63.8 Å². The molecule has 27 heavy (non-hydrogen) atoms. The molecule has 136 valence electrons. The summed E-state index contributed by atoms with van der Waals surface area (Å²) in [5.74, 6) is 0.203. The molecule has 0 saturated carbocycles. The van der Waals surface area contributed by atoms with Crippen LogP contribution in [0.15, 0.2) is 52.6 Å². The lowest BCUT2D eigenvalue weighted by Gasteiger charge is -2.23. The van der Waals surface area contributed by atoms with Crippen molar-refractivity contribution in [2.24, 2.45) is 0 Å². The number of nitrogens with zero attached hydrogens (tertiary/aromatic N) is 4. The molecule has 0 bridgehead atoms. The van der Waals surface area contributed by atoms with E-state index in [1.807, 2.05) is 24.3 Å². The van der Waals surface area contributed by atoms with Gasteiger partial charge in [0.25, 0.3) is 5.91 Å². The van der Waals surface area contributed by atoms with Crippen molar-refractivity contribution < 1.29 is 9.59 Å². The van der Waals surface area contributed by atoms with Crippen molar-refractivity contribution in [3.63, 3.8) is 0 Å². The van der Waals surface area contributed by atoms with Crippen LogP contribution < -0.4 is 5.32 Å². The fraction of sp³-hybridized carbons (Fsp3) is 0.167. The minimum Gasteiger partial charge on any atom is -0.319 e. The van der Waals surface area contributed by atoms with Crippen molar-refractivity contribution in [1.29, 1.82) is 0 Å². The van der Waals surface area contributed by atoms with E-state index in [1.165, 1.54) is 16.2 Å². The third-order valence-corrected chi connectivity index (χ3v) is 5.89. The van der Waals surface area contributed by atoms with E-state index < -0.39 is 11.6 Å². The predicted molar refractivity (Wildman–Crippen MR) is 104 cm³/mol. The van der Waals surface area contributed by atoms with Crippen LogP contribution in [-0.4, -0.2) is 31.8 Å². The fourth-order valence-corrected chi connectivity index (χ4v) is 4.38. The van der Waals surface area contributed by atoms with Crippen LogP contribution in [0.5, 0.6) is 0 Å². The summed E-state index contributed by atoms with van der Waals surface area (Å²) in [5, 5.41) is 5.25. The van der Waals surface area contributed by atoms with Gasteiger partial charge in [-0.3, -0.25) is 9.69 Å². The first-order chi connectivity index (χ1) is 13.0. The van der Waals surface area contributed by atoms with Crippen LogP contribution >= 0.6 is 27.3 Å². The molecule has 1 unspecified atom stereocenters. The van der Waals surface area contributed by atoms with E-state index in [4.69, 9.17) is 0 Å². The molecular weight excluding hydrogens is 430 g/mol. The summed E-state index contributed by atoms with van der Waals surface area (Å²) in [6, 6.07) is 8.64. The van der Waals surface area contributed by atoms with Crippen LogP contribution in [0.3, 0.4) is 0 Å². The SMILES string of the molecule is CC1(c2ccccc2Br)NC(=O)N(Cc2csc(-c3ncccn3)n2)C1=O. The minimum atomic E-state index is -1.13. The van der Waals surface area contributed by atoms with Gasteiger partial charge < -0.3 is 5.32 Å². The van der Waals surface area contributed by atoms with E-state index in [2.05, 4.69) is 36.2 Å². The largest absolute Gasteiger partial charge is 0.325 e. The van der Waals surface area contributed by atoms with Crippen molar-refractivity contribution in [2.75, 3.05) is 0 Å². The lowest BCUT2D eigenvalue weighted by Crippen LogP contribution is -2.41. The summed E-state index contributed by atoms with van der Waals surface area (Å²) in [6.45, 7) is 1.80. The molecule has 1 aromatic carbocycles. The number of hydrogen-bond acceptors (Lipinski definition) is 6. The van der Waals surface area contributed by atoms with Gasteiger partial charge in [0.1, 0.15) is 5.54 Å². The Morgan fingerprint density at radius 1 is 1.19 bits per heavy atom. The zero-order valence-electron chi connectivity index (χ0n) is 14.2. The monoisotopic (exact) mass is 443 g/mol. The maximum atomic E-state index is 13.0. The molecule has 0 spiro atoms. The summed E-state index contributed by atoms with van der Waals surface area (Å²) in [6.07, 6.45) is 3.29. The maximum absolute atomic E-state index is 13.0. The Morgan fingerprint density at radius 2 is 1.93 bits per heavy atom. The van der Waals surface area contributed by atoms with Gasteiger partial charge >= 0.3 is 6.03 Å². The Labute approximate surface area is 167 Å². The van der Waals surface area contributed by atoms with E-state index in [9.17, 15) is 9.59 Å². The second kappa shape index (κ2) is 6.82. The van der Waals surface area contributed by atoms with Crippen LogP contribution in [0, 0.1) is 0 Å². The molecule has 1 atom stereocenters. The molecular formula is C18H14BrN5O2S. The molecule has 1 aliphatic heterocycles. The summed E-state index contributed by atoms with van der Waals surface area (Å²) in [7, 11) is 0. The average molecular weight is 444 g/mol. The van der Waals surface area contributed by atoms with Gasteiger partial charge in [-0.2, -0.15) is 0 Å². The summed E-state index contributed by atoms with van der Waals surface area (Å²) in [4.78, 5) is 39.5. The second-order valence-corrected chi connectivity index (χ2v) is 7.86. The van der Waals surface area contributed by atoms with Gasteiger partial charge in [-0.1, -0.05) is 34.1 Å². The van der Waals surface area contributed by atoms with E-state index in [0.717, 1.165) is 4.47 Å². The Balaban J connectivity index is 1.59. The standard InChI is InChI=1S/C18H14BrN5O2S/c1-18(12-5-2-3-6-13(12)19)16(25)24(17(26)23-18)9-11-10-27-15(22-11)14-20-7-4-8-21-14/h2-8,10H,9H2,1H3,(H,23,26). The predicted octanol–water partition coefficient (Wildman–Crippen LogP) is 3.33. The number of nitrogens with one attached hydrogen (secondary N) is 1. The number of carbonyl (C=O) groups excluding carboxylic acids is 2. The lowest BCUT2D eigenvalue weighted by molar-refractivity contribution is -0.131. The van der Waals surface area contributed by atoms with Crippen LogP contribution in [-0.2, 0) is 16.9 Å². The highest BCUT2D eigenvalue weighted by molar-refractivity contribution is 9.10. The van der Waals surface area contributed by atoms with Crippen LogP contribution in [0.25, 0.3) is 10.8 Å². The van der Waals surface area contributed by atoms with Crippen LogP contribution in [0.4, 0.5) is 4.79 Å². The smallest absolute Gasteiger partial charge is 0.319 e. The third-order valence-electron chi connectivity index (χ3n) is 4.32. The molecule has 3 heterocycles. The van der Waals surface area contributed by atoms with Gasteiger partial charge in [0.2, 0.25) is 0 Å². The number of imide groups is 1. The van der Waals surface area contributed by atoms with Crippen molar-refractivity contribution >= 4 is 39.2 Å². The number of hydrogen-bond donors (Lipinski definition) is 1. The van der Waals surface area contributed by atoms with E-state index in [0.29, 0.717) is 22.1 Å². The highest BCUT2D eigenvalue weighted by Gasteiger charge is 2.49. The molecule has 0 aliphatic carbocycles. The number of urea groups is 1. The molecule has 2 aromatic heterocycles. The Morgan fingerprint density at radius 3 is 2.67 bits per heavy atom. The van der Waals surface area contributed by atoms with Gasteiger partial charge in [0.15, 0.2) is 10.8 Å². The minimum absolute atomic E-state index is 0.0913. The number of thiazole rings is 1. The first-order valence-electron chi connectivity index (χ1n) is 8.10. The van der Waals surface area contributed by atoms with Crippen molar-refractivity contribution in [1.82, 2.24) is 25.2 Å². The molecule has 3 aromatic rings. The van der Waals surface area contributed by atoms with Gasteiger partial charge in [-0.05, 0) is 19.1 Å². The number of halogens is 1. The summed E-state index contributed by atoms with van der Waals surface area (Å²) >= 11 is 4.83. The highest BCUT2D eigenvalue weighted by Crippen LogP contribution is 2.34. The van der Waals surface area contributed by atoms with Gasteiger partial charge in [0.05, 0.1) is 12.2 Å². The van der Waals surface area contributed by atoms with E-state index >= 15 is 0 Å². The number of rotatable bonds is 4. The quantitative estimate of drug-likeness (QED) is 0.624. The third kappa shape index (κ3) is 3.13. The molecule has 1 aliphatic rings. The zero-order chi connectivity index (χ0) is 19.0. The molecule has 1 saturated heterocycles. The average Bonchev–Trinajstić information content (AvgIpc) is 3.22. The Hall–Kier alpha value is -2.65. The molecule has 9 heteroatoms. The Kier molecular flexibility index (Phi) is 4.48.